The first-order valence-corrected chi connectivity index (χ1v) is 22.6. The standard InChI is InChI=1S/C50H71N5O10/c1-12-31(5)43-46(59)52-38(27-36-20-16-14-17-21-36)50(63)65-44(32(6)13-2)34(8)40(56)25-24-33(7)49(62)64-41(26-30(3)4)45(58)51-35(9)47(60)55(11)39(28-37-22-18-15-19-23-37)48(61)54(10)29-42(57)53-43/h13-24,30-31,34-35,38-41,43-44,56H,12,25-29H2,1-11H3,(H,51,58)(H,52,59)(H,53,57)/b32-13+,33-24+/t31-,34-,35-,38+,39-,40-,41+,43-,44+/m0/s1. The highest BCUT2D eigenvalue weighted by Crippen LogP contribution is 2.24. The number of carbonyl (C=O) groups is 7. The quantitative estimate of drug-likeness (QED) is 0.206. The zero-order valence-corrected chi connectivity index (χ0v) is 40.0. The molecular weight excluding hydrogens is 831 g/mol. The van der Waals surface area contributed by atoms with Gasteiger partial charge in [0.15, 0.2) is 6.10 Å². The average molecular weight is 902 g/mol. The molecule has 0 fully saturated rings. The lowest BCUT2D eigenvalue weighted by molar-refractivity contribution is -0.155. The third-order valence-corrected chi connectivity index (χ3v) is 12.0. The van der Waals surface area contributed by atoms with Crippen molar-refractivity contribution in [1.29, 1.82) is 0 Å². The smallest absolute Gasteiger partial charge is 0.334 e. The molecule has 3 rings (SSSR count). The Kier molecular flexibility index (Phi) is 21.1. The van der Waals surface area contributed by atoms with Crippen LogP contribution in [0.5, 0.6) is 0 Å². The van der Waals surface area contributed by atoms with Crippen LogP contribution in [-0.4, -0.2) is 120 Å². The third kappa shape index (κ3) is 16.0. The van der Waals surface area contributed by atoms with E-state index in [9.17, 15) is 38.7 Å². The van der Waals surface area contributed by atoms with Crippen molar-refractivity contribution < 1.29 is 48.1 Å². The van der Waals surface area contributed by atoms with Gasteiger partial charge >= 0.3 is 11.9 Å². The summed E-state index contributed by atoms with van der Waals surface area (Å²) in [5.41, 5.74) is 2.23. The number of hydrogen-bond donors (Lipinski definition) is 4. The van der Waals surface area contributed by atoms with E-state index in [4.69, 9.17) is 9.47 Å². The summed E-state index contributed by atoms with van der Waals surface area (Å²) >= 11 is 0. The zero-order valence-electron chi connectivity index (χ0n) is 40.0. The van der Waals surface area contributed by atoms with Gasteiger partial charge in [0.2, 0.25) is 23.6 Å². The number of nitrogens with zero attached hydrogens (tertiary/aromatic N) is 2. The van der Waals surface area contributed by atoms with E-state index in [2.05, 4.69) is 16.0 Å². The predicted molar refractivity (Wildman–Crippen MR) is 248 cm³/mol. The van der Waals surface area contributed by atoms with Crippen molar-refractivity contribution in [3.63, 3.8) is 0 Å². The molecule has 0 saturated heterocycles. The number of likely N-dealkylation sites (N-methyl/N-ethyl adjacent to an activating group) is 2. The number of aliphatic hydroxyl groups is 1. The molecule has 65 heavy (non-hydrogen) atoms. The van der Waals surface area contributed by atoms with Gasteiger partial charge in [-0.25, -0.2) is 9.59 Å². The average Bonchev–Trinajstić information content (AvgIpc) is 3.28. The molecule has 0 spiro atoms. The van der Waals surface area contributed by atoms with Gasteiger partial charge in [-0.2, -0.15) is 0 Å². The highest BCUT2D eigenvalue weighted by atomic mass is 16.6. The fourth-order valence-electron chi connectivity index (χ4n) is 7.47. The molecule has 2 aromatic rings. The molecule has 2 aromatic carbocycles. The van der Waals surface area contributed by atoms with Crippen molar-refractivity contribution >= 4 is 41.5 Å². The summed E-state index contributed by atoms with van der Waals surface area (Å²) in [6.07, 6.45) is 0.625. The number of esters is 2. The monoisotopic (exact) mass is 902 g/mol. The van der Waals surface area contributed by atoms with Crippen LogP contribution in [0.3, 0.4) is 0 Å². The van der Waals surface area contributed by atoms with Crippen molar-refractivity contribution in [2.75, 3.05) is 20.6 Å². The fourth-order valence-corrected chi connectivity index (χ4v) is 7.47. The van der Waals surface area contributed by atoms with Crippen LogP contribution in [0.1, 0.15) is 92.7 Å². The summed E-state index contributed by atoms with van der Waals surface area (Å²) in [6.45, 7) is 15.1. The zero-order chi connectivity index (χ0) is 48.5. The minimum Gasteiger partial charge on any atom is -0.456 e. The molecular formula is C50H71N5O10. The van der Waals surface area contributed by atoms with Crippen molar-refractivity contribution in [3.8, 4) is 0 Å². The van der Waals surface area contributed by atoms with Crippen LogP contribution in [0.25, 0.3) is 0 Å². The number of allylic oxidation sites excluding steroid dienone is 1. The second-order valence-electron chi connectivity index (χ2n) is 17.7. The number of rotatable bonds is 9. The van der Waals surface area contributed by atoms with Crippen molar-refractivity contribution in [2.45, 2.75) is 137 Å². The molecule has 1 heterocycles. The topological polar surface area (TPSA) is 201 Å². The Balaban J connectivity index is 2.13. The Hall–Kier alpha value is -5.83. The van der Waals surface area contributed by atoms with E-state index in [0.717, 1.165) is 11.1 Å². The lowest BCUT2D eigenvalue weighted by Gasteiger charge is -2.33. The van der Waals surface area contributed by atoms with E-state index >= 15 is 0 Å². The molecule has 5 amide bonds. The maximum Gasteiger partial charge on any atom is 0.334 e. The summed E-state index contributed by atoms with van der Waals surface area (Å²) in [5, 5.41) is 19.8. The Labute approximate surface area is 384 Å². The number of carbonyl (C=O) groups excluding carboxylic acids is 7. The SMILES string of the molecule is C/C=C(\C)[C@H]1OC(=O)[C@@H](Cc2ccccc2)NC(=O)[C@H]([C@@H](C)CC)NC(=O)CN(C)C(=O)[C@H](Cc2ccccc2)N(C)C(=O)[C@H](C)NC(=O)[C@@H](CC(C)C)OC(=O)/C(C)=C/C[C@H](O)[C@@H]1C. The number of ether oxygens (including phenoxy) is 2. The molecule has 356 valence electrons. The van der Waals surface area contributed by atoms with Gasteiger partial charge in [0.25, 0.3) is 5.91 Å². The lowest BCUT2D eigenvalue weighted by Crippen LogP contribution is -2.58. The van der Waals surface area contributed by atoms with E-state index in [1.54, 1.807) is 70.2 Å². The summed E-state index contributed by atoms with van der Waals surface area (Å²) < 4.78 is 11.9. The Morgan fingerprint density at radius 1 is 0.831 bits per heavy atom. The minimum absolute atomic E-state index is 0.0371. The van der Waals surface area contributed by atoms with Gasteiger partial charge < -0.3 is 40.3 Å². The van der Waals surface area contributed by atoms with Gasteiger partial charge in [0, 0.05) is 38.4 Å². The molecule has 0 unspecified atom stereocenters. The van der Waals surface area contributed by atoms with E-state index in [0.29, 0.717) is 12.0 Å². The normalized spacial score (nSPS) is 27.2. The number of hydrogen-bond acceptors (Lipinski definition) is 10. The van der Waals surface area contributed by atoms with E-state index in [1.165, 1.54) is 43.8 Å². The largest absolute Gasteiger partial charge is 0.456 e. The molecule has 0 radical (unpaired) electrons. The Bertz CT molecular complexity index is 2000. The maximum absolute atomic E-state index is 14.3. The van der Waals surface area contributed by atoms with Gasteiger partial charge in [-0.1, -0.05) is 114 Å². The lowest BCUT2D eigenvalue weighted by atomic mass is 9.90. The second-order valence-corrected chi connectivity index (χ2v) is 17.7. The molecule has 0 saturated carbocycles. The molecule has 9 atom stereocenters. The van der Waals surface area contributed by atoms with Gasteiger partial charge in [-0.3, -0.25) is 24.0 Å². The van der Waals surface area contributed by atoms with Gasteiger partial charge in [-0.15, -0.1) is 0 Å². The predicted octanol–water partition coefficient (Wildman–Crippen LogP) is 4.46. The first kappa shape index (κ1) is 53.5. The summed E-state index contributed by atoms with van der Waals surface area (Å²) in [6, 6.07) is 13.5. The van der Waals surface area contributed by atoms with Crippen molar-refractivity contribution in [1.82, 2.24) is 25.8 Å². The highest BCUT2D eigenvalue weighted by molar-refractivity contribution is 5.96. The fraction of sp³-hybridized carbons (Fsp3) is 0.540. The summed E-state index contributed by atoms with van der Waals surface area (Å²) in [4.78, 5) is 100. The number of cyclic esters (lactones) is 2. The Morgan fingerprint density at radius 2 is 1.42 bits per heavy atom. The summed E-state index contributed by atoms with van der Waals surface area (Å²) in [5.74, 6) is -5.94. The molecule has 15 heteroatoms. The van der Waals surface area contributed by atoms with Crippen LogP contribution < -0.4 is 16.0 Å². The number of nitrogens with one attached hydrogen (secondary N) is 3. The molecule has 4 N–H and O–H groups in total. The second kappa shape index (κ2) is 25.6. The van der Waals surface area contributed by atoms with Crippen LogP contribution in [0.2, 0.25) is 0 Å². The molecule has 0 aliphatic carbocycles. The Morgan fingerprint density at radius 3 is 1.97 bits per heavy atom. The van der Waals surface area contributed by atoms with Gasteiger partial charge in [0.05, 0.1) is 12.6 Å². The van der Waals surface area contributed by atoms with Crippen LogP contribution in [0, 0.1) is 17.8 Å². The van der Waals surface area contributed by atoms with Gasteiger partial charge in [-0.05, 0) is 69.1 Å². The number of amides is 5. The van der Waals surface area contributed by atoms with Crippen LogP contribution >= 0.6 is 0 Å². The summed E-state index contributed by atoms with van der Waals surface area (Å²) in [7, 11) is 2.86. The van der Waals surface area contributed by atoms with Crippen molar-refractivity contribution in [2.24, 2.45) is 17.8 Å². The van der Waals surface area contributed by atoms with Crippen LogP contribution in [0.15, 0.2) is 84.0 Å². The van der Waals surface area contributed by atoms with E-state index in [1.807, 2.05) is 45.0 Å². The molecule has 1 aliphatic rings. The maximum atomic E-state index is 14.3. The highest BCUT2D eigenvalue weighted by Gasteiger charge is 2.37. The molecule has 15 nitrogen and oxygen atoms in total. The van der Waals surface area contributed by atoms with Crippen molar-refractivity contribution in [3.05, 3.63) is 95.1 Å². The van der Waals surface area contributed by atoms with E-state index in [-0.39, 0.29) is 37.2 Å². The first-order valence-electron chi connectivity index (χ1n) is 22.6. The minimum atomic E-state index is -1.27. The van der Waals surface area contributed by atoms with Gasteiger partial charge in [0.1, 0.15) is 30.3 Å². The molecule has 1 aliphatic heterocycles. The van der Waals surface area contributed by atoms with E-state index < -0.39 is 102 Å². The van der Waals surface area contributed by atoms with Crippen LogP contribution in [0.4, 0.5) is 0 Å². The first-order chi connectivity index (χ1) is 30.7. The third-order valence-electron chi connectivity index (χ3n) is 12.0. The number of benzene rings is 2. The molecule has 0 aromatic heterocycles. The number of aliphatic hydroxyl groups excluding tert-OH is 1. The molecule has 0 bridgehead atoms. The van der Waals surface area contributed by atoms with Crippen LogP contribution in [-0.2, 0) is 55.9 Å².